The Morgan fingerprint density at radius 1 is 1.14 bits per heavy atom. The van der Waals surface area contributed by atoms with Crippen molar-refractivity contribution in [3.8, 4) is 34.7 Å². The molecule has 0 bridgehead atoms. The maximum atomic E-state index is 12.3. The van der Waals surface area contributed by atoms with E-state index in [4.69, 9.17) is 9.26 Å². The van der Waals surface area contributed by atoms with E-state index in [0.717, 1.165) is 31.5 Å². The topological polar surface area (TPSA) is 112 Å². The Balaban J connectivity index is 1.46. The molecular weight excluding hydrogens is 456 g/mol. The van der Waals surface area contributed by atoms with Crippen molar-refractivity contribution in [2.24, 2.45) is 0 Å². The van der Waals surface area contributed by atoms with Crippen LogP contribution in [-0.4, -0.2) is 57.8 Å². The van der Waals surface area contributed by atoms with Gasteiger partial charge < -0.3 is 14.4 Å². The van der Waals surface area contributed by atoms with Gasteiger partial charge in [-0.1, -0.05) is 17.3 Å². The third-order valence-corrected chi connectivity index (χ3v) is 6.24. The fourth-order valence-corrected chi connectivity index (χ4v) is 4.33. The number of aliphatic hydroxyl groups excluding tert-OH is 1. The van der Waals surface area contributed by atoms with Crippen molar-refractivity contribution in [3.05, 3.63) is 53.1 Å². The summed E-state index contributed by atoms with van der Waals surface area (Å²) in [5.41, 5.74) is 4.43. The first-order chi connectivity index (χ1) is 17.3. The summed E-state index contributed by atoms with van der Waals surface area (Å²) in [5.74, 6) is 1.53. The van der Waals surface area contributed by atoms with Crippen LogP contribution in [0.4, 0.5) is 0 Å². The molecule has 2 aromatic carbocycles. The molecule has 8 heteroatoms. The molecule has 3 aromatic rings. The molecule has 1 aliphatic heterocycles. The van der Waals surface area contributed by atoms with Gasteiger partial charge in [0.15, 0.2) is 0 Å². The number of nitriles is 1. The van der Waals surface area contributed by atoms with Gasteiger partial charge in [-0.25, -0.2) is 0 Å². The predicted molar refractivity (Wildman–Crippen MR) is 135 cm³/mol. The summed E-state index contributed by atoms with van der Waals surface area (Å²) >= 11 is 0. The number of ketones is 1. The summed E-state index contributed by atoms with van der Waals surface area (Å²) in [7, 11) is 0. The smallest absolute Gasteiger partial charge is 0.258 e. The number of hydrogen-bond donors (Lipinski definition) is 1. The monoisotopic (exact) mass is 488 g/mol. The number of rotatable bonds is 9. The number of fused-ring (bicyclic) bond motifs is 1. The number of benzene rings is 2. The number of Topliss-reactive ketones (excluding diaryl/α,β-unsaturated/α-hetero) is 1. The van der Waals surface area contributed by atoms with E-state index in [1.807, 2.05) is 26.0 Å². The van der Waals surface area contributed by atoms with Crippen LogP contribution in [0.2, 0.25) is 0 Å². The van der Waals surface area contributed by atoms with Gasteiger partial charge in [-0.2, -0.15) is 10.2 Å². The van der Waals surface area contributed by atoms with Crippen LogP contribution in [0.1, 0.15) is 50.3 Å². The standard InChI is InChI=1S/C28H32N4O4/c1-18(2)35-26-9-7-23(15-24(26)16-29)28-30-27(31-36-28)22-6-5-20-10-12-32(13-11-21(20)14-22)17-25(34)8-4-19(3)33/h5-7,9,14-15,18-19,33H,4,8,10-13,17H2,1-3H3/t19-/m0/s1. The maximum absolute atomic E-state index is 12.3. The molecule has 4 rings (SSSR count). The molecule has 1 atom stereocenters. The van der Waals surface area contributed by atoms with Gasteiger partial charge in [0.1, 0.15) is 17.6 Å². The lowest BCUT2D eigenvalue weighted by molar-refractivity contribution is -0.120. The van der Waals surface area contributed by atoms with Crippen molar-refractivity contribution in [2.45, 2.75) is 58.7 Å². The van der Waals surface area contributed by atoms with Crippen LogP contribution >= 0.6 is 0 Å². The molecule has 0 amide bonds. The van der Waals surface area contributed by atoms with Gasteiger partial charge in [0.25, 0.3) is 5.89 Å². The second-order valence-electron chi connectivity index (χ2n) is 9.60. The maximum Gasteiger partial charge on any atom is 0.258 e. The van der Waals surface area contributed by atoms with Crippen LogP contribution in [-0.2, 0) is 17.6 Å². The van der Waals surface area contributed by atoms with Gasteiger partial charge >= 0.3 is 0 Å². The number of nitrogens with zero attached hydrogens (tertiary/aromatic N) is 4. The molecule has 0 saturated heterocycles. The number of aliphatic hydroxyl groups is 1. The first-order valence-electron chi connectivity index (χ1n) is 12.4. The highest BCUT2D eigenvalue weighted by molar-refractivity contribution is 5.80. The lowest BCUT2D eigenvalue weighted by Gasteiger charge is -2.18. The van der Waals surface area contributed by atoms with E-state index in [-0.39, 0.29) is 11.9 Å². The highest BCUT2D eigenvalue weighted by atomic mass is 16.5. The Kier molecular flexibility index (Phi) is 8.14. The van der Waals surface area contributed by atoms with Gasteiger partial charge in [-0.15, -0.1) is 0 Å². The zero-order valence-corrected chi connectivity index (χ0v) is 21.0. The van der Waals surface area contributed by atoms with Crippen LogP contribution < -0.4 is 4.74 Å². The van der Waals surface area contributed by atoms with E-state index in [2.05, 4.69) is 33.2 Å². The summed E-state index contributed by atoms with van der Waals surface area (Å²) < 4.78 is 11.2. The molecule has 2 heterocycles. The average Bonchev–Trinajstić information content (AvgIpc) is 3.26. The minimum absolute atomic E-state index is 0.0335. The molecule has 188 valence electrons. The molecule has 0 spiro atoms. The first-order valence-corrected chi connectivity index (χ1v) is 12.4. The summed E-state index contributed by atoms with van der Waals surface area (Å²) in [6, 6.07) is 13.6. The minimum atomic E-state index is -0.446. The SMILES string of the molecule is CC(C)Oc1ccc(-c2nc(-c3ccc4c(c3)CCN(CC(=O)CC[C@H](C)O)CC4)no2)cc1C#N. The van der Waals surface area contributed by atoms with E-state index in [9.17, 15) is 15.2 Å². The molecule has 8 nitrogen and oxygen atoms in total. The number of ether oxygens (including phenoxy) is 1. The molecule has 0 unspecified atom stereocenters. The predicted octanol–water partition coefficient (Wildman–Crippen LogP) is 4.19. The minimum Gasteiger partial charge on any atom is -0.490 e. The average molecular weight is 489 g/mol. The second kappa shape index (κ2) is 11.5. The molecule has 1 aromatic heterocycles. The number of aromatic nitrogens is 2. The van der Waals surface area contributed by atoms with E-state index < -0.39 is 6.10 Å². The van der Waals surface area contributed by atoms with E-state index in [1.54, 1.807) is 19.1 Å². The zero-order chi connectivity index (χ0) is 25.7. The van der Waals surface area contributed by atoms with Gasteiger partial charge in [0.2, 0.25) is 5.82 Å². The first kappa shape index (κ1) is 25.5. The molecule has 36 heavy (non-hydrogen) atoms. The number of hydrogen-bond acceptors (Lipinski definition) is 8. The fraction of sp³-hybridized carbons (Fsp3) is 0.429. The Hall–Kier alpha value is -3.54. The Labute approximate surface area is 211 Å². The van der Waals surface area contributed by atoms with Crippen molar-refractivity contribution in [1.29, 1.82) is 5.26 Å². The largest absolute Gasteiger partial charge is 0.490 e. The third kappa shape index (κ3) is 6.36. The summed E-state index contributed by atoms with van der Waals surface area (Å²) in [4.78, 5) is 19.0. The van der Waals surface area contributed by atoms with Crippen molar-refractivity contribution in [1.82, 2.24) is 15.0 Å². The molecule has 0 aliphatic carbocycles. The Morgan fingerprint density at radius 3 is 2.61 bits per heavy atom. The van der Waals surface area contributed by atoms with E-state index in [0.29, 0.717) is 48.0 Å². The highest BCUT2D eigenvalue weighted by Crippen LogP contribution is 2.29. The molecule has 0 radical (unpaired) electrons. The molecule has 0 fully saturated rings. The van der Waals surface area contributed by atoms with Crippen LogP contribution in [0.25, 0.3) is 22.8 Å². The molecule has 1 aliphatic rings. The Morgan fingerprint density at radius 2 is 1.89 bits per heavy atom. The quantitative estimate of drug-likeness (QED) is 0.477. The summed E-state index contributed by atoms with van der Waals surface area (Å²) in [5, 5.41) is 23.1. The second-order valence-corrected chi connectivity index (χ2v) is 9.60. The van der Waals surface area contributed by atoms with Crippen molar-refractivity contribution in [2.75, 3.05) is 19.6 Å². The number of carbonyl (C=O) groups excluding carboxylic acids is 1. The van der Waals surface area contributed by atoms with E-state index >= 15 is 0 Å². The van der Waals surface area contributed by atoms with Crippen LogP contribution in [0.5, 0.6) is 5.75 Å². The van der Waals surface area contributed by atoms with Crippen molar-refractivity contribution >= 4 is 5.78 Å². The molecule has 1 N–H and O–H groups in total. The third-order valence-electron chi connectivity index (χ3n) is 6.24. The van der Waals surface area contributed by atoms with Gasteiger partial charge in [-0.3, -0.25) is 9.69 Å². The Bertz CT molecular complexity index is 1260. The molecule has 0 saturated carbocycles. The fourth-order valence-electron chi connectivity index (χ4n) is 4.33. The van der Waals surface area contributed by atoms with E-state index in [1.165, 1.54) is 11.1 Å². The van der Waals surface area contributed by atoms with Gasteiger partial charge in [0, 0.05) is 30.6 Å². The van der Waals surface area contributed by atoms with Crippen LogP contribution in [0.3, 0.4) is 0 Å². The molecular formula is C28H32N4O4. The zero-order valence-electron chi connectivity index (χ0n) is 21.0. The summed E-state index contributed by atoms with van der Waals surface area (Å²) in [6.07, 6.45) is 2.15. The van der Waals surface area contributed by atoms with Gasteiger partial charge in [-0.05, 0) is 75.4 Å². The summed E-state index contributed by atoms with van der Waals surface area (Å²) in [6.45, 7) is 7.59. The van der Waals surface area contributed by atoms with Crippen LogP contribution in [0.15, 0.2) is 40.9 Å². The lowest BCUT2D eigenvalue weighted by Crippen LogP contribution is -2.32. The normalized spacial score (nSPS) is 14.7. The van der Waals surface area contributed by atoms with Crippen molar-refractivity contribution in [3.63, 3.8) is 0 Å². The lowest BCUT2D eigenvalue weighted by atomic mass is 10.00. The van der Waals surface area contributed by atoms with Gasteiger partial charge in [0.05, 0.1) is 24.3 Å². The van der Waals surface area contributed by atoms with Crippen molar-refractivity contribution < 1.29 is 19.2 Å². The highest BCUT2D eigenvalue weighted by Gasteiger charge is 2.19. The number of carbonyl (C=O) groups is 1. The van der Waals surface area contributed by atoms with Crippen LogP contribution in [0, 0.1) is 11.3 Å².